The van der Waals surface area contributed by atoms with E-state index in [0.717, 1.165) is 34.6 Å². The zero-order valence-electron chi connectivity index (χ0n) is 11.9. The van der Waals surface area contributed by atoms with Crippen molar-refractivity contribution in [1.82, 2.24) is 24.6 Å². The van der Waals surface area contributed by atoms with Crippen molar-refractivity contribution in [2.75, 3.05) is 20.6 Å². The molecule has 0 spiro atoms. The quantitative estimate of drug-likeness (QED) is 0.890. The van der Waals surface area contributed by atoms with E-state index < -0.39 is 0 Å². The van der Waals surface area contributed by atoms with E-state index in [0.29, 0.717) is 0 Å². The molecule has 0 aromatic carbocycles. The Hall–Kier alpha value is -1.31. The first kappa shape index (κ1) is 15.1. The maximum absolute atomic E-state index is 6.31. The number of hydrogen-bond donors (Lipinski definition) is 1. The molecule has 2 rings (SSSR count). The Morgan fingerprint density at radius 2 is 2.05 bits per heavy atom. The second-order valence-electron chi connectivity index (χ2n) is 4.96. The van der Waals surface area contributed by atoms with Crippen molar-refractivity contribution in [3.05, 3.63) is 40.1 Å². The van der Waals surface area contributed by atoms with Crippen LogP contribution in [0.25, 0.3) is 0 Å². The SMILES string of the molecule is Cc1cnc(C(N)c2c(Br)cnn2CCN(C)C)cn1. The molecule has 2 aromatic rings. The summed E-state index contributed by atoms with van der Waals surface area (Å²) in [7, 11) is 4.06. The molecule has 2 N–H and O–H groups in total. The van der Waals surface area contributed by atoms with Crippen LogP contribution >= 0.6 is 15.9 Å². The summed E-state index contributed by atoms with van der Waals surface area (Å²) in [6, 6.07) is -0.345. The first-order valence-corrected chi connectivity index (χ1v) is 7.18. The van der Waals surface area contributed by atoms with Crippen molar-refractivity contribution < 1.29 is 0 Å². The van der Waals surface area contributed by atoms with Crippen molar-refractivity contribution in [2.24, 2.45) is 5.73 Å². The van der Waals surface area contributed by atoms with Gasteiger partial charge in [0.25, 0.3) is 0 Å². The third kappa shape index (κ3) is 3.41. The van der Waals surface area contributed by atoms with Gasteiger partial charge in [0.2, 0.25) is 0 Å². The molecule has 6 nitrogen and oxygen atoms in total. The van der Waals surface area contributed by atoms with Gasteiger partial charge in [-0.2, -0.15) is 5.10 Å². The molecule has 0 fully saturated rings. The Balaban J connectivity index is 2.26. The van der Waals surface area contributed by atoms with Gasteiger partial charge in [-0.15, -0.1) is 0 Å². The maximum atomic E-state index is 6.31. The van der Waals surface area contributed by atoms with Crippen molar-refractivity contribution in [3.8, 4) is 0 Å². The van der Waals surface area contributed by atoms with Crippen LogP contribution in [0.3, 0.4) is 0 Å². The molecule has 2 aromatic heterocycles. The minimum Gasteiger partial charge on any atom is -0.318 e. The number of aromatic nitrogens is 4. The zero-order valence-corrected chi connectivity index (χ0v) is 13.5. The third-order valence-corrected chi connectivity index (χ3v) is 3.62. The van der Waals surface area contributed by atoms with Gasteiger partial charge in [0.05, 0.1) is 46.5 Å². The summed E-state index contributed by atoms with van der Waals surface area (Å²) in [4.78, 5) is 10.7. The largest absolute Gasteiger partial charge is 0.318 e. The first-order chi connectivity index (χ1) is 9.49. The van der Waals surface area contributed by atoms with Crippen LogP contribution in [0.5, 0.6) is 0 Å². The molecular weight excluding hydrogens is 320 g/mol. The van der Waals surface area contributed by atoms with Gasteiger partial charge in [0.1, 0.15) is 0 Å². The van der Waals surface area contributed by atoms with Crippen LogP contribution in [-0.2, 0) is 6.54 Å². The lowest BCUT2D eigenvalue weighted by Gasteiger charge is -2.16. The van der Waals surface area contributed by atoms with Crippen molar-refractivity contribution in [2.45, 2.75) is 19.5 Å². The van der Waals surface area contributed by atoms with E-state index in [-0.39, 0.29) is 6.04 Å². The minimum atomic E-state index is -0.345. The van der Waals surface area contributed by atoms with Gasteiger partial charge in [-0.25, -0.2) is 0 Å². The molecule has 108 valence electrons. The first-order valence-electron chi connectivity index (χ1n) is 6.39. The Kier molecular flexibility index (Phi) is 4.85. The molecule has 2 heterocycles. The van der Waals surface area contributed by atoms with E-state index in [1.54, 1.807) is 18.6 Å². The van der Waals surface area contributed by atoms with Crippen LogP contribution < -0.4 is 5.73 Å². The van der Waals surface area contributed by atoms with E-state index in [1.807, 2.05) is 25.7 Å². The van der Waals surface area contributed by atoms with Crippen LogP contribution in [0.15, 0.2) is 23.1 Å². The molecular formula is C13H19BrN6. The smallest absolute Gasteiger partial charge is 0.0924 e. The molecule has 20 heavy (non-hydrogen) atoms. The molecule has 1 unspecified atom stereocenters. The molecule has 0 saturated heterocycles. The molecule has 0 aliphatic heterocycles. The number of hydrogen-bond acceptors (Lipinski definition) is 5. The van der Waals surface area contributed by atoms with Crippen molar-refractivity contribution in [3.63, 3.8) is 0 Å². The van der Waals surface area contributed by atoms with Gasteiger partial charge in [0, 0.05) is 12.7 Å². The lowest BCUT2D eigenvalue weighted by molar-refractivity contribution is 0.367. The maximum Gasteiger partial charge on any atom is 0.0924 e. The predicted molar refractivity (Wildman–Crippen MR) is 81.3 cm³/mol. The average Bonchev–Trinajstić information content (AvgIpc) is 2.77. The van der Waals surface area contributed by atoms with Crippen LogP contribution in [0.2, 0.25) is 0 Å². The monoisotopic (exact) mass is 338 g/mol. The van der Waals surface area contributed by atoms with Gasteiger partial charge in [-0.05, 0) is 36.9 Å². The van der Waals surface area contributed by atoms with Crippen LogP contribution in [-0.4, -0.2) is 45.3 Å². The number of rotatable bonds is 5. The van der Waals surface area contributed by atoms with E-state index in [1.165, 1.54) is 0 Å². The highest BCUT2D eigenvalue weighted by Crippen LogP contribution is 2.25. The fraction of sp³-hybridized carbons (Fsp3) is 0.462. The topological polar surface area (TPSA) is 72.9 Å². The fourth-order valence-electron chi connectivity index (χ4n) is 1.86. The third-order valence-electron chi connectivity index (χ3n) is 3.01. The van der Waals surface area contributed by atoms with Crippen molar-refractivity contribution in [1.29, 1.82) is 0 Å². The molecule has 0 aliphatic carbocycles. The van der Waals surface area contributed by atoms with Crippen molar-refractivity contribution >= 4 is 15.9 Å². The highest BCUT2D eigenvalue weighted by atomic mass is 79.9. The Bertz CT molecular complexity index is 563. The second kappa shape index (κ2) is 6.43. The highest BCUT2D eigenvalue weighted by molar-refractivity contribution is 9.10. The molecule has 1 atom stereocenters. The number of aryl methyl sites for hydroxylation is 1. The fourth-order valence-corrected chi connectivity index (χ4v) is 2.40. The van der Waals surface area contributed by atoms with Gasteiger partial charge in [-0.1, -0.05) is 0 Å². The lowest BCUT2D eigenvalue weighted by Crippen LogP contribution is -2.24. The second-order valence-corrected chi connectivity index (χ2v) is 5.82. The zero-order chi connectivity index (χ0) is 14.7. The normalized spacial score (nSPS) is 12.9. The number of nitrogens with two attached hydrogens (primary N) is 1. The molecule has 0 radical (unpaired) electrons. The predicted octanol–water partition coefficient (Wildman–Crippen LogP) is 1.35. The summed E-state index contributed by atoms with van der Waals surface area (Å²) >= 11 is 3.51. The van der Waals surface area contributed by atoms with E-state index >= 15 is 0 Å². The van der Waals surface area contributed by atoms with Crippen LogP contribution in [0.4, 0.5) is 0 Å². The molecule has 0 saturated carbocycles. The Morgan fingerprint density at radius 3 is 2.65 bits per heavy atom. The lowest BCUT2D eigenvalue weighted by atomic mass is 10.1. The van der Waals surface area contributed by atoms with Gasteiger partial charge in [0.15, 0.2) is 0 Å². The number of halogens is 1. The number of nitrogens with zero attached hydrogens (tertiary/aromatic N) is 5. The summed E-state index contributed by atoms with van der Waals surface area (Å²) in [6.45, 7) is 3.58. The van der Waals surface area contributed by atoms with E-state index in [2.05, 4.69) is 35.9 Å². The Morgan fingerprint density at radius 1 is 1.30 bits per heavy atom. The molecule has 7 heteroatoms. The highest BCUT2D eigenvalue weighted by Gasteiger charge is 2.19. The van der Waals surface area contributed by atoms with Gasteiger partial charge >= 0.3 is 0 Å². The van der Waals surface area contributed by atoms with Crippen LogP contribution in [0.1, 0.15) is 23.1 Å². The van der Waals surface area contributed by atoms with E-state index in [4.69, 9.17) is 5.73 Å². The van der Waals surface area contributed by atoms with Gasteiger partial charge in [-0.3, -0.25) is 14.6 Å². The molecule has 0 aliphatic rings. The van der Waals surface area contributed by atoms with Crippen LogP contribution in [0, 0.1) is 6.92 Å². The summed E-state index contributed by atoms with van der Waals surface area (Å²) in [6.07, 6.45) is 5.21. The molecule has 0 amide bonds. The van der Waals surface area contributed by atoms with E-state index in [9.17, 15) is 0 Å². The molecule has 0 bridgehead atoms. The summed E-state index contributed by atoms with van der Waals surface area (Å²) in [5, 5.41) is 4.37. The minimum absolute atomic E-state index is 0.345. The summed E-state index contributed by atoms with van der Waals surface area (Å²) < 4.78 is 2.81. The standard InChI is InChI=1S/C13H19BrN6/c1-9-6-17-11(8-16-9)12(15)13-10(14)7-18-20(13)5-4-19(2)3/h6-8,12H,4-5,15H2,1-3H3. The number of likely N-dealkylation sites (N-methyl/N-ethyl adjacent to an activating group) is 1. The summed E-state index contributed by atoms with van der Waals surface area (Å²) in [5.41, 5.74) is 8.85. The average molecular weight is 339 g/mol. The van der Waals surface area contributed by atoms with Gasteiger partial charge < -0.3 is 10.6 Å². The summed E-state index contributed by atoms with van der Waals surface area (Å²) in [5.74, 6) is 0. The Labute approximate surface area is 127 Å².